The minimum Gasteiger partial charge on any atom is -0.354 e. The lowest BCUT2D eigenvalue weighted by Gasteiger charge is -2.21. The largest absolute Gasteiger partial charge is 0.354 e. The number of carbonyl (C=O) groups is 1. The Bertz CT molecular complexity index is 213. The van der Waals surface area contributed by atoms with Crippen LogP contribution in [0.15, 0.2) is 0 Å². The highest BCUT2D eigenvalue weighted by atomic mass is 32.2. The molecule has 2 fully saturated rings. The average Bonchev–Trinajstić information content (AvgIpc) is 2.80. The summed E-state index contributed by atoms with van der Waals surface area (Å²) in [6.07, 6.45) is 2.45. The first-order valence-electron chi connectivity index (χ1n) is 5.57. The van der Waals surface area contributed by atoms with E-state index in [9.17, 15) is 4.79 Å². The van der Waals surface area contributed by atoms with Crippen LogP contribution in [0.5, 0.6) is 0 Å². The van der Waals surface area contributed by atoms with Gasteiger partial charge < -0.3 is 10.6 Å². The molecule has 15 heavy (non-hydrogen) atoms. The van der Waals surface area contributed by atoms with Gasteiger partial charge in [0.15, 0.2) is 0 Å². The van der Waals surface area contributed by atoms with Gasteiger partial charge in [-0.15, -0.1) is 11.8 Å². The minimum absolute atomic E-state index is 0.185. The minimum atomic E-state index is 0.185. The summed E-state index contributed by atoms with van der Waals surface area (Å²) in [6.45, 7) is 1.91. The summed E-state index contributed by atoms with van der Waals surface area (Å²) in [4.78, 5) is 11.8. The van der Waals surface area contributed by atoms with Crippen LogP contribution in [0.3, 0.4) is 0 Å². The Kier molecular flexibility index (Phi) is 4.65. The monoisotopic (exact) mass is 246 g/mol. The SMILES string of the molecule is O=C(NCC1CCCN1)C1CSCCS1. The van der Waals surface area contributed by atoms with E-state index in [1.165, 1.54) is 18.6 Å². The van der Waals surface area contributed by atoms with Gasteiger partial charge >= 0.3 is 0 Å². The molecule has 2 rings (SSSR count). The van der Waals surface area contributed by atoms with Crippen LogP contribution in [-0.2, 0) is 4.79 Å². The van der Waals surface area contributed by atoms with Gasteiger partial charge in [-0.1, -0.05) is 0 Å². The molecule has 0 bridgehead atoms. The highest BCUT2D eigenvalue weighted by molar-refractivity contribution is 8.07. The molecule has 86 valence electrons. The van der Waals surface area contributed by atoms with Gasteiger partial charge in [-0.25, -0.2) is 0 Å². The zero-order chi connectivity index (χ0) is 10.5. The molecule has 0 aromatic heterocycles. The van der Waals surface area contributed by atoms with Gasteiger partial charge in [0.1, 0.15) is 0 Å². The van der Waals surface area contributed by atoms with Crippen molar-refractivity contribution >= 4 is 29.4 Å². The summed E-state index contributed by atoms with van der Waals surface area (Å²) in [5.74, 6) is 3.53. The maximum absolute atomic E-state index is 11.8. The number of rotatable bonds is 3. The van der Waals surface area contributed by atoms with Crippen molar-refractivity contribution in [3.63, 3.8) is 0 Å². The molecule has 2 aliphatic heterocycles. The quantitative estimate of drug-likeness (QED) is 0.769. The standard InChI is InChI=1S/C10H18N2OS2/c13-10(9-7-14-4-5-15-9)12-6-8-2-1-3-11-8/h8-9,11H,1-7H2,(H,12,13). The van der Waals surface area contributed by atoms with Gasteiger partial charge in [0.25, 0.3) is 0 Å². The first-order chi connectivity index (χ1) is 7.36. The Balaban J connectivity index is 1.66. The number of thioether (sulfide) groups is 2. The topological polar surface area (TPSA) is 41.1 Å². The Morgan fingerprint density at radius 2 is 2.40 bits per heavy atom. The molecule has 5 heteroatoms. The highest BCUT2D eigenvalue weighted by Gasteiger charge is 2.23. The van der Waals surface area contributed by atoms with E-state index in [-0.39, 0.29) is 11.2 Å². The van der Waals surface area contributed by atoms with Gasteiger partial charge in [-0.2, -0.15) is 11.8 Å². The molecule has 2 aliphatic rings. The molecule has 1 amide bonds. The molecule has 0 spiro atoms. The molecule has 0 aliphatic carbocycles. The summed E-state index contributed by atoms with van der Waals surface area (Å²) in [5.41, 5.74) is 0. The van der Waals surface area contributed by atoms with E-state index in [1.807, 2.05) is 11.8 Å². The van der Waals surface area contributed by atoms with E-state index in [0.29, 0.717) is 6.04 Å². The van der Waals surface area contributed by atoms with Crippen molar-refractivity contribution in [1.29, 1.82) is 0 Å². The fourth-order valence-electron chi connectivity index (χ4n) is 1.91. The zero-order valence-corrected chi connectivity index (χ0v) is 10.5. The zero-order valence-electron chi connectivity index (χ0n) is 8.83. The number of carbonyl (C=O) groups excluding carboxylic acids is 1. The van der Waals surface area contributed by atoms with E-state index in [1.54, 1.807) is 11.8 Å². The third-order valence-electron chi connectivity index (χ3n) is 2.79. The van der Waals surface area contributed by atoms with E-state index in [2.05, 4.69) is 10.6 Å². The van der Waals surface area contributed by atoms with Crippen LogP contribution in [-0.4, -0.2) is 47.5 Å². The fourth-order valence-corrected chi connectivity index (χ4v) is 4.49. The Morgan fingerprint density at radius 3 is 3.07 bits per heavy atom. The van der Waals surface area contributed by atoms with Gasteiger partial charge in [0.2, 0.25) is 5.91 Å². The van der Waals surface area contributed by atoms with Crippen LogP contribution in [0.2, 0.25) is 0 Å². The lowest BCUT2D eigenvalue weighted by molar-refractivity contribution is -0.120. The van der Waals surface area contributed by atoms with E-state index in [4.69, 9.17) is 0 Å². The fraction of sp³-hybridized carbons (Fsp3) is 0.900. The van der Waals surface area contributed by atoms with Crippen molar-refractivity contribution in [3.05, 3.63) is 0 Å². The van der Waals surface area contributed by atoms with Crippen LogP contribution >= 0.6 is 23.5 Å². The number of nitrogens with one attached hydrogen (secondary N) is 2. The van der Waals surface area contributed by atoms with Crippen molar-refractivity contribution < 1.29 is 4.79 Å². The third-order valence-corrected chi connectivity index (χ3v) is 5.55. The smallest absolute Gasteiger partial charge is 0.234 e. The summed E-state index contributed by atoms with van der Waals surface area (Å²) in [7, 11) is 0. The summed E-state index contributed by atoms with van der Waals surface area (Å²) in [5, 5.41) is 6.63. The second-order valence-corrected chi connectivity index (χ2v) is 6.43. The highest BCUT2D eigenvalue weighted by Crippen LogP contribution is 2.23. The number of hydrogen-bond donors (Lipinski definition) is 2. The number of amides is 1. The Morgan fingerprint density at radius 1 is 1.47 bits per heavy atom. The molecule has 2 atom stereocenters. The summed E-state index contributed by atoms with van der Waals surface area (Å²) in [6, 6.07) is 0.509. The summed E-state index contributed by atoms with van der Waals surface area (Å²) < 4.78 is 0. The molecule has 0 radical (unpaired) electrons. The number of hydrogen-bond acceptors (Lipinski definition) is 4. The first kappa shape index (κ1) is 11.6. The van der Waals surface area contributed by atoms with Crippen molar-refractivity contribution in [2.75, 3.05) is 30.3 Å². The van der Waals surface area contributed by atoms with Crippen LogP contribution in [0.25, 0.3) is 0 Å². The van der Waals surface area contributed by atoms with Crippen LogP contribution in [0.4, 0.5) is 0 Å². The predicted octanol–water partition coefficient (Wildman–Crippen LogP) is 0.703. The molecular formula is C10H18N2OS2. The maximum atomic E-state index is 11.8. The Labute approximate surface area is 99.5 Å². The average molecular weight is 246 g/mol. The summed E-state index contributed by atoms with van der Waals surface area (Å²) >= 11 is 3.69. The van der Waals surface area contributed by atoms with Crippen molar-refractivity contribution in [2.45, 2.75) is 24.1 Å². The van der Waals surface area contributed by atoms with Crippen LogP contribution in [0.1, 0.15) is 12.8 Å². The van der Waals surface area contributed by atoms with E-state index in [0.717, 1.165) is 24.6 Å². The van der Waals surface area contributed by atoms with Crippen LogP contribution < -0.4 is 10.6 Å². The molecule has 3 nitrogen and oxygen atoms in total. The molecule has 2 heterocycles. The van der Waals surface area contributed by atoms with E-state index < -0.39 is 0 Å². The van der Waals surface area contributed by atoms with Crippen molar-refractivity contribution in [2.24, 2.45) is 0 Å². The lowest BCUT2D eigenvalue weighted by Crippen LogP contribution is -2.42. The maximum Gasteiger partial charge on any atom is 0.234 e. The van der Waals surface area contributed by atoms with Crippen molar-refractivity contribution in [3.8, 4) is 0 Å². The molecular weight excluding hydrogens is 228 g/mol. The van der Waals surface area contributed by atoms with E-state index >= 15 is 0 Å². The van der Waals surface area contributed by atoms with Gasteiger partial charge in [0.05, 0.1) is 5.25 Å². The first-order valence-corrected chi connectivity index (χ1v) is 7.77. The second-order valence-electron chi connectivity index (χ2n) is 3.97. The molecule has 2 N–H and O–H groups in total. The van der Waals surface area contributed by atoms with Crippen LogP contribution in [0, 0.1) is 0 Å². The normalized spacial score (nSPS) is 31.5. The Hall–Kier alpha value is 0.130. The molecule has 2 saturated heterocycles. The van der Waals surface area contributed by atoms with Gasteiger partial charge in [-0.05, 0) is 19.4 Å². The van der Waals surface area contributed by atoms with Gasteiger partial charge in [-0.3, -0.25) is 4.79 Å². The molecule has 0 saturated carbocycles. The molecule has 0 aromatic rings. The predicted molar refractivity (Wildman–Crippen MR) is 67.6 cm³/mol. The van der Waals surface area contributed by atoms with Gasteiger partial charge in [0, 0.05) is 29.8 Å². The molecule has 0 aromatic carbocycles. The van der Waals surface area contributed by atoms with Crippen molar-refractivity contribution in [1.82, 2.24) is 10.6 Å². The second kappa shape index (κ2) is 6.01. The lowest BCUT2D eigenvalue weighted by atomic mass is 10.2. The molecule has 2 unspecified atom stereocenters. The third kappa shape index (κ3) is 3.57.